The fourth-order valence-electron chi connectivity index (χ4n) is 3.19. The van der Waals surface area contributed by atoms with Crippen LogP contribution in [-0.4, -0.2) is 18.4 Å². The van der Waals surface area contributed by atoms with Crippen LogP contribution in [0.25, 0.3) is 5.83 Å². The van der Waals surface area contributed by atoms with Crippen LogP contribution in [0.3, 0.4) is 0 Å². The molecule has 0 amide bonds. The summed E-state index contributed by atoms with van der Waals surface area (Å²) in [6.07, 6.45) is 6.32. The molecule has 0 aliphatic heterocycles. The molecular formula is C20H32F2Sn. The van der Waals surface area contributed by atoms with E-state index in [1.54, 1.807) is 24.3 Å². The van der Waals surface area contributed by atoms with Crippen LogP contribution in [0.1, 0.15) is 64.9 Å². The van der Waals surface area contributed by atoms with Gasteiger partial charge in [0, 0.05) is 0 Å². The second-order valence-corrected chi connectivity index (χ2v) is 19.4. The molecule has 0 saturated carbocycles. The Morgan fingerprint density at radius 2 is 1.22 bits per heavy atom. The first-order valence-corrected chi connectivity index (χ1v) is 16.7. The molecule has 0 aliphatic carbocycles. The molecule has 0 saturated heterocycles. The Hall–Kier alpha value is -0.381. The monoisotopic (exact) mass is 430 g/mol. The molecule has 1 aromatic rings. The summed E-state index contributed by atoms with van der Waals surface area (Å²) in [6.45, 7) is 6.43. The third-order valence-corrected chi connectivity index (χ3v) is 19.2. The SMILES string of the molecule is CCC[CH2][Sn]([CH2]CCC)([CH2]CCC)/[C](F)=C(\F)c1ccccc1. The van der Waals surface area contributed by atoms with Crippen molar-refractivity contribution >= 4 is 24.2 Å². The minimum absolute atomic E-state index is 0.305. The standard InChI is InChI=1S/C8H5F2.3C4H9.Sn/c9-6-8(10)7-4-2-1-3-5-7;3*1-3-4-2;/h1-5H;3*1,3-4H2,2H3;. The van der Waals surface area contributed by atoms with Crippen molar-refractivity contribution < 1.29 is 8.78 Å². The van der Waals surface area contributed by atoms with Crippen molar-refractivity contribution in [2.24, 2.45) is 0 Å². The number of benzene rings is 1. The summed E-state index contributed by atoms with van der Waals surface area (Å²) in [5.74, 6) is -0.565. The Balaban J connectivity index is 3.21. The van der Waals surface area contributed by atoms with Gasteiger partial charge in [-0.05, 0) is 0 Å². The van der Waals surface area contributed by atoms with E-state index in [1.165, 1.54) is 0 Å². The van der Waals surface area contributed by atoms with Gasteiger partial charge in [-0.2, -0.15) is 0 Å². The van der Waals surface area contributed by atoms with Gasteiger partial charge in [-0.1, -0.05) is 0 Å². The Kier molecular flexibility index (Phi) is 10.1. The Labute approximate surface area is 145 Å². The van der Waals surface area contributed by atoms with Crippen molar-refractivity contribution in [1.29, 1.82) is 0 Å². The first-order valence-electron chi connectivity index (χ1n) is 9.22. The van der Waals surface area contributed by atoms with Gasteiger partial charge in [-0.15, -0.1) is 0 Å². The van der Waals surface area contributed by atoms with Crippen LogP contribution in [0.4, 0.5) is 8.78 Å². The van der Waals surface area contributed by atoms with E-state index in [0.717, 1.165) is 51.8 Å². The third-order valence-electron chi connectivity index (χ3n) is 4.71. The van der Waals surface area contributed by atoms with E-state index in [9.17, 15) is 4.39 Å². The maximum atomic E-state index is 15.4. The molecule has 0 aromatic heterocycles. The summed E-state index contributed by atoms with van der Waals surface area (Å²) in [7, 11) is 0. The minimum atomic E-state index is -3.26. The van der Waals surface area contributed by atoms with Crippen molar-refractivity contribution in [3.8, 4) is 0 Å². The summed E-state index contributed by atoms with van der Waals surface area (Å²) >= 11 is -3.26. The molecule has 1 rings (SSSR count). The van der Waals surface area contributed by atoms with Crippen LogP contribution in [0, 0.1) is 0 Å². The average molecular weight is 429 g/mol. The summed E-state index contributed by atoms with van der Waals surface area (Å²) in [4.78, 5) is 0. The molecule has 23 heavy (non-hydrogen) atoms. The Bertz CT molecular complexity index is 446. The molecular weight excluding hydrogens is 397 g/mol. The van der Waals surface area contributed by atoms with E-state index in [-0.39, 0.29) is 3.84 Å². The molecule has 130 valence electrons. The van der Waals surface area contributed by atoms with Crippen molar-refractivity contribution in [2.45, 2.75) is 72.6 Å². The first kappa shape index (κ1) is 20.7. The number of hydrogen-bond acceptors (Lipinski definition) is 0. The second-order valence-electron chi connectivity index (χ2n) is 6.58. The molecule has 0 bridgehead atoms. The van der Waals surface area contributed by atoms with Gasteiger partial charge in [-0.25, -0.2) is 0 Å². The average Bonchev–Trinajstić information content (AvgIpc) is 2.61. The molecule has 0 heterocycles. The van der Waals surface area contributed by atoms with Crippen LogP contribution in [0.15, 0.2) is 34.2 Å². The van der Waals surface area contributed by atoms with Gasteiger partial charge in [0.25, 0.3) is 0 Å². The predicted octanol–water partition coefficient (Wildman–Crippen LogP) is 7.68. The first-order chi connectivity index (χ1) is 11.1. The molecule has 0 radical (unpaired) electrons. The van der Waals surface area contributed by atoms with Gasteiger partial charge in [0.1, 0.15) is 0 Å². The maximum absolute atomic E-state index is 15.4. The Morgan fingerprint density at radius 3 is 1.61 bits per heavy atom. The quantitative estimate of drug-likeness (QED) is 0.317. The van der Waals surface area contributed by atoms with Gasteiger partial charge in [-0.3, -0.25) is 0 Å². The number of hydrogen-bond donors (Lipinski definition) is 0. The molecule has 1 aromatic carbocycles. The van der Waals surface area contributed by atoms with Crippen molar-refractivity contribution in [1.82, 2.24) is 0 Å². The van der Waals surface area contributed by atoms with Gasteiger partial charge < -0.3 is 0 Å². The third kappa shape index (κ3) is 6.21. The van der Waals surface area contributed by atoms with Gasteiger partial charge in [0.15, 0.2) is 0 Å². The fourth-order valence-corrected chi connectivity index (χ4v) is 17.8. The number of rotatable bonds is 11. The predicted molar refractivity (Wildman–Crippen MR) is 100 cm³/mol. The molecule has 0 fully saturated rings. The van der Waals surface area contributed by atoms with Gasteiger partial charge in [0.05, 0.1) is 0 Å². The zero-order valence-electron chi connectivity index (χ0n) is 15.0. The van der Waals surface area contributed by atoms with E-state index < -0.39 is 24.2 Å². The second kappa shape index (κ2) is 11.2. The van der Waals surface area contributed by atoms with E-state index in [0.29, 0.717) is 5.56 Å². The van der Waals surface area contributed by atoms with E-state index in [2.05, 4.69) is 20.8 Å². The number of halogens is 2. The van der Waals surface area contributed by atoms with Crippen LogP contribution in [-0.2, 0) is 0 Å². The van der Waals surface area contributed by atoms with E-state index >= 15 is 4.39 Å². The summed E-state index contributed by atoms with van der Waals surface area (Å²) in [5.41, 5.74) is 0.413. The van der Waals surface area contributed by atoms with Crippen LogP contribution in [0.2, 0.25) is 13.3 Å². The molecule has 3 heteroatoms. The molecule has 0 spiro atoms. The fraction of sp³-hybridized carbons (Fsp3) is 0.600. The van der Waals surface area contributed by atoms with Gasteiger partial charge in [0.2, 0.25) is 0 Å². The summed E-state index contributed by atoms with van der Waals surface area (Å²) < 4.78 is 32.8. The van der Waals surface area contributed by atoms with Crippen molar-refractivity contribution in [3.05, 3.63) is 39.7 Å². The summed E-state index contributed by atoms with van der Waals surface area (Å²) in [6, 6.07) is 8.78. The van der Waals surface area contributed by atoms with E-state index in [4.69, 9.17) is 0 Å². The molecule has 0 atom stereocenters. The normalized spacial score (nSPS) is 13.1. The number of unbranched alkanes of at least 4 members (excludes halogenated alkanes) is 3. The zero-order valence-corrected chi connectivity index (χ0v) is 17.9. The topological polar surface area (TPSA) is 0 Å². The molecule has 0 aliphatic rings. The van der Waals surface area contributed by atoms with Crippen molar-refractivity contribution in [3.63, 3.8) is 0 Å². The van der Waals surface area contributed by atoms with Crippen LogP contribution in [0.5, 0.6) is 0 Å². The molecule has 0 nitrogen and oxygen atoms in total. The zero-order chi connectivity index (χ0) is 17.1. The summed E-state index contributed by atoms with van der Waals surface area (Å²) in [5, 5.41) is 0. The Morgan fingerprint density at radius 1 is 0.783 bits per heavy atom. The molecule has 0 N–H and O–H groups in total. The van der Waals surface area contributed by atoms with Gasteiger partial charge >= 0.3 is 145 Å². The van der Waals surface area contributed by atoms with Crippen LogP contribution < -0.4 is 0 Å². The molecule has 0 unspecified atom stereocenters. The van der Waals surface area contributed by atoms with Crippen molar-refractivity contribution in [2.75, 3.05) is 0 Å². The van der Waals surface area contributed by atoms with E-state index in [1.807, 2.05) is 6.07 Å². The van der Waals surface area contributed by atoms with Crippen LogP contribution >= 0.6 is 0 Å².